The molecule has 1 rings (SSSR count). The van der Waals surface area contributed by atoms with Gasteiger partial charge in [-0.1, -0.05) is 0 Å². The van der Waals surface area contributed by atoms with Crippen LogP contribution in [0.4, 0.5) is 4.79 Å². The molecule has 0 aromatic carbocycles. The van der Waals surface area contributed by atoms with Crippen molar-refractivity contribution in [3.8, 4) is 0 Å². The summed E-state index contributed by atoms with van der Waals surface area (Å²) in [6.07, 6.45) is -0.422. The minimum absolute atomic E-state index is 0.0943. The van der Waals surface area contributed by atoms with Gasteiger partial charge in [0, 0.05) is 26.2 Å². The maximum atomic E-state index is 12.2. The Labute approximate surface area is 136 Å². The Morgan fingerprint density at radius 2 is 1.59 bits per heavy atom. The fraction of sp³-hybridized carbons (Fsp3) is 0.857. The van der Waals surface area contributed by atoms with Crippen LogP contribution in [0.5, 0.6) is 0 Å². The molecule has 1 heterocycles. The Morgan fingerprint density at radius 3 is 2.14 bits per heavy atom. The number of alkyl halides is 1. The van der Waals surface area contributed by atoms with Crippen LogP contribution in [0, 0.1) is 0 Å². The van der Waals surface area contributed by atoms with E-state index in [0.29, 0.717) is 39.4 Å². The fourth-order valence-electron chi connectivity index (χ4n) is 1.83. The molecule has 2 amide bonds. The predicted molar refractivity (Wildman–Crippen MR) is 81.9 cm³/mol. The molecule has 0 atom stereocenters. The van der Waals surface area contributed by atoms with E-state index in [-0.39, 0.29) is 18.6 Å². The summed E-state index contributed by atoms with van der Waals surface area (Å²) in [7, 11) is 0. The first kappa shape index (κ1) is 19.0. The van der Waals surface area contributed by atoms with E-state index < -0.39 is 11.7 Å². The Balaban J connectivity index is 2.69. The zero-order valence-corrected chi connectivity index (χ0v) is 14.2. The first-order chi connectivity index (χ1) is 10.3. The van der Waals surface area contributed by atoms with Gasteiger partial charge in [-0.3, -0.25) is 4.79 Å². The molecule has 0 N–H and O–H groups in total. The molecule has 0 aromatic heterocycles. The molecular formula is C14H25ClN2O5. The van der Waals surface area contributed by atoms with Crippen molar-refractivity contribution in [1.82, 2.24) is 9.80 Å². The Kier molecular flexibility index (Phi) is 7.92. The maximum absolute atomic E-state index is 12.2. The van der Waals surface area contributed by atoms with Crippen molar-refractivity contribution in [1.29, 1.82) is 0 Å². The molecule has 7 nitrogen and oxygen atoms in total. The summed E-state index contributed by atoms with van der Waals surface area (Å²) in [5.74, 6) is -0.280. The van der Waals surface area contributed by atoms with Crippen molar-refractivity contribution in [3.05, 3.63) is 0 Å². The molecule has 0 bridgehead atoms. The number of ether oxygens (including phenoxy) is 3. The lowest BCUT2D eigenvalue weighted by atomic mass is 10.2. The first-order valence-electron chi connectivity index (χ1n) is 7.30. The molecule has 0 radical (unpaired) electrons. The van der Waals surface area contributed by atoms with Gasteiger partial charge >= 0.3 is 6.09 Å². The quantitative estimate of drug-likeness (QED) is 0.675. The monoisotopic (exact) mass is 336 g/mol. The van der Waals surface area contributed by atoms with E-state index >= 15 is 0 Å². The summed E-state index contributed by atoms with van der Waals surface area (Å²) in [6, 6.07) is 0. The lowest BCUT2D eigenvalue weighted by Crippen LogP contribution is -2.45. The number of carbonyl (C=O) groups excluding carboxylic acids is 2. The van der Waals surface area contributed by atoms with Crippen molar-refractivity contribution in [2.24, 2.45) is 0 Å². The Morgan fingerprint density at radius 1 is 1.05 bits per heavy atom. The van der Waals surface area contributed by atoms with Crippen molar-refractivity contribution >= 4 is 23.6 Å². The van der Waals surface area contributed by atoms with Crippen molar-refractivity contribution < 1.29 is 23.8 Å². The second-order valence-electron chi connectivity index (χ2n) is 5.92. The fourth-order valence-corrected chi connectivity index (χ4v) is 2.00. The molecule has 0 spiro atoms. The highest BCUT2D eigenvalue weighted by atomic mass is 35.5. The maximum Gasteiger partial charge on any atom is 0.410 e. The average Bonchev–Trinajstić information content (AvgIpc) is 2.48. The second-order valence-corrected chi connectivity index (χ2v) is 6.18. The van der Waals surface area contributed by atoms with E-state index in [4.69, 9.17) is 25.8 Å². The van der Waals surface area contributed by atoms with Crippen LogP contribution in [0.15, 0.2) is 0 Å². The van der Waals surface area contributed by atoms with Crippen molar-refractivity contribution in [3.63, 3.8) is 0 Å². The van der Waals surface area contributed by atoms with Crippen molar-refractivity contribution in [2.75, 3.05) is 52.1 Å². The van der Waals surface area contributed by atoms with E-state index in [1.165, 1.54) is 4.90 Å². The van der Waals surface area contributed by atoms with Crippen LogP contribution in [0.25, 0.3) is 0 Å². The zero-order chi connectivity index (χ0) is 16.6. The van der Waals surface area contributed by atoms with E-state index in [9.17, 15) is 9.59 Å². The summed E-state index contributed by atoms with van der Waals surface area (Å²) in [5, 5.41) is 0. The number of rotatable bonds is 1. The molecule has 1 aliphatic heterocycles. The molecule has 22 heavy (non-hydrogen) atoms. The van der Waals surface area contributed by atoms with Gasteiger partial charge in [0.15, 0.2) is 0 Å². The van der Waals surface area contributed by atoms with Crippen LogP contribution in [0.2, 0.25) is 0 Å². The third-order valence-electron chi connectivity index (χ3n) is 2.94. The number of nitrogens with zero attached hydrogens (tertiary/aromatic N) is 2. The third kappa shape index (κ3) is 7.29. The lowest BCUT2D eigenvalue weighted by molar-refractivity contribution is -0.130. The highest BCUT2D eigenvalue weighted by Crippen LogP contribution is 2.10. The average molecular weight is 337 g/mol. The second kappa shape index (κ2) is 9.17. The molecule has 0 aliphatic carbocycles. The van der Waals surface area contributed by atoms with Crippen LogP contribution in [0.1, 0.15) is 20.8 Å². The SMILES string of the molecule is CC(C)(C)OC(=O)N1CCOCOCCN(C(=O)CCl)CC1. The molecule has 0 unspecified atom stereocenters. The van der Waals surface area contributed by atoms with E-state index in [1.807, 2.05) is 20.8 Å². The van der Waals surface area contributed by atoms with Gasteiger partial charge in [0.2, 0.25) is 5.91 Å². The highest BCUT2D eigenvalue weighted by Gasteiger charge is 2.23. The van der Waals surface area contributed by atoms with Crippen LogP contribution in [-0.4, -0.2) is 79.5 Å². The molecule has 0 saturated carbocycles. The molecule has 1 saturated heterocycles. The number of amides is 2. The van der Waals surface area contributed by atoms with E-state index in [1.54, 1.807) is 4.90 Å². The molecule has 128 valence electrons. The lowest BCUT2D eigenvalue weighted by Gasteiger charge is -2.29. The van der Waals surface area contributed by atoms with Gasteiger partial charge in [0.25, 0.3) is 0 Å². The van der Waals surface area contributed by atoms with Gasteiger partial charge in [-0.2, -0.15) is 0 Å². The third-order valence-corrected chi connectivity index (χ3v) is 3.16. The van der Waals surface area contributed by atoms with Crippen LogP contribution < -0.4 is 0 Å². The van der Waals surface area contributed by atoms with Gasteiger partial charge < -0.3 is 24.0 Å². The van der Waals surface area contributed by atoms with Gasteiger partial charge in [-0.15, -0.1) is 11.6 Å². The Hall–Kier alpha value is -1.05. The molecule has 0 aromatic rings. The van der Waals surface area contributed by atoms with Crippen LogP contribution >= 0.6 is 11.6 Å². The summed E-state index contributed by atoms with van der Waals surface area (Å²) >= 11 is 5.61. The van der Waals surface area contributed by atoms with Gasteiger partial charge in [0.1, 0.15) is 18.3 Å². The highest BCUT2D eigenvalue weighted by molar-refractivity contribution is 6.27. The topological polar surface area (TPSA) is 68.3 Å². The first-order valence-corrected chi connectivity index (χ1v) is 7.84. The Bertz CT molecular complexity index is 373. The summed E-state index contributed by atoms with van der Waals surface area (Å²) in [5.41, 5.74) is -0.571. The minimum atomic E-state index is -0.571. The number of halogens is 1. The van der Waals surface area contributed by atoms with Gasteiger partial charge in [0.05, 0.1) is 13.2 Å². The predicted octanol–water partition coefficient (Wildman–Crippen LogP) is 1.30. The summed E-state index contributed by atoms with van der Waals surface area (Å²) < 4.78 is 15.9. The molecule has 1 aliphatic rings. The van der Waals surface area contributed by atoms with Gasteiger partial charge in [-0.25, -0.2) is 4.79 Å². The summed E-state index contributed by atoms with van der Waals surface area (Å²) in [4.78, 5) is 27.1. The number of hydrogen-bond donors (Lipinski definition) is 0. The smallest absolute Gasteiger partial charge is 0.410 e. The van der Waals surface area contributed by atoms with Crippen LogP contribution in [-0.2, 0) is 19.0 Å². The standard InChI is InChI=1S/C14H25ClN2O5/c1-14(2,3)22-13(19)17-5-4-16(12(18)10-15)6-8-20-11-21-9-7-17/h4-11H2,1-3H3. The van der Waals surface area contributed by atoms with Gasteiger partial charge in [-0.05, 0) is 20.8 Å². The minimum Gasteiger partial charge on any atom is -0.444 e. The zero-order valence-electron chi connectivity index (χ0n) is 13.5. The number of carbonyl (C=O) groups is 2. The largest absolute Gasteiger partial charge is 0.444 e. The summed E-state index contributed by atoms with van der Waals surface area (Å²) in [6.45, 7) is 7.82. The normalized spacial score (nSPS) is 18.5. The number of hydrogen-bond acceptors (Lipinski definition) is 5. The molecular weight excluding hydrogens is 312 g/mol. The molecule has 8 heteroatoms. The van der Waals surface area contributed by atoms with Crippen molar-refractivity contribution in [2.45, 2.75) is 26.4 Å². The molecule has 1 fully saturated rings. The van der Waals surface area contributed by atoms with E-state index in [0.717, 1.165) is 0 Å². The van der Waals surface area contributed by atoms with Crippen LogP contribution in [0.3, 0.4) is 0 Å². The van der Waals surface area contributed by atoms with E-state index in [2.05, 4.69) is 0 Å².